The van der Waals surface area contributed by atoms with Gasteiger partial charge in [0.2, 0.25) is 0 Å². The third-order valence-electron chi connectivity index (χ3n) is 2.02. The number of nitrogens with two attached hydrogens (primary N) is 1. The Morgan fingerprint density at radius 1 is 1.47 bits per heavy atom. The largest absolute Gasteiger partial charge is 0.329 e. The molecule has 15 heavy (non-hydrogen) atoms. The molecule has 0 atom stereocenters. The number of hydrogen-bond donors (Lipinski definition) is 1. The smallest absolute Gasteiger partial charge is 0.142 e. The van der Waals surface area contributed by atoms with Crippen LogP contribution in [0, 0.1) is 5.82 Å². The standard InChI is InChI=1S/C9H9ClFN3.ClH/c10-7-4-9-6(3-8(7)11)5-13-14(9)2-1-12;/h3-5H,1-2,12H2;1H. The minimum atomic E-state index is -0.425. The predicted octanol–water partition coefficient (Wildman–Crippen LogP) is 2.21. The van der Waals surface area contributed by atoms with Gasteiger partial charge in [0.05, 0.1) is 23.3 Å². The summed E-state index contributed by atoms with van der Waals surface area (Å²) in [7, 11) is 0. The average molecular weight is 250 g/mol. The zero-order valence-electron chi connectivity index (χ0n) is 7.78. The van der Waals surface area contributed by atoms with E-state index in [0.717, 1.165) is 10.9 Å². The number of aromatic nitrogens is 2. The Labute approximate surface area is 97.4 Å². The van der Waals surface area contributed by atoms with Crippen molar-refractivity contribution in [3.63, 3.8) is 0 Å². The van der Waals surface area contributed by atoms with E-state index in [1.165, 1.54) is 6.07 Å². The summed E-state index contributed by atoms with van der Waals surface area (Å²) in [5.41, 5.74) is 6.22. The number of halogens is 3. The van der Waals surface area contributed by atoms with Crippen molar-refractivity contribution < 1.29 is 4.39 Å². The molecule has 0 saturated carbocycles. The van der Waals surface area contributed by atoms with Gasteiger partial charge >= 0.3 is 0 Å². The number of nitrogens with zero attached hydrogens (tertiary/aromatic N) is 2. The van der Waals surface area contributed by atoms with Gasteiger partial charge in [0.15, 0.2) is 0 Å². The third-order valence-corrected chi connectivity index (χ3v) is 2.31. The maximum Gasteiger partial charge on any atom is 0.142 e. The molecular weight excluding hydrogens is 240 g/mol. The lowest BCUT2D eigenvalue weighted by Gasteiger charge is -2.01. The van der Waals surface area contributed by atoms with Gasteiger partial charge < -0.3 is 5.73 Å². The van der Waals surface area contributed by atoms with E-state index in [1.54, 1.807) is 16.9 Å². The van der Waals surface area contributed by atoms with Crippen molar-refractivity contribution in [2.24, 2.45) is 5.73 Å². The molecule has 2 N–H and O–H groups in total. The van der Waals surface area contributed by atoms with Crippen LogP contribution in [0.3, 0.4) is 0 Å². The molecule has 1 heterocycles. The lowest BCUT2D eigenvalue weighted by molar-refractivity contribution is 0.628. The van der Waals surface area contributed by atoms with Crippen LogP contribution in [0.15, 0.2) is 18.3 Å². The van der Waals surface area contributed by atoms with Gasteiger partial charge in [-0.2, -0.15) is 5.10 Å². The van der Waals surface area contributed by atoms with E-state index in [9.17, 15) is 4.39 Å². The number of rotatable bonds is 2. The molecule has 0 bridgehead atoms. The van der Waals surface area contributed by atoms with E-state index in [4.69, 9.17) is 17.3 Å². The summed E-state index contributed by atoms with van der Waals surface area (Å²) in [6, 6.07) is 2.94. The van der Waals surface area contributed by atoms with Gasteiger partial charge in [-0.15, -0.1) is 12.4 Å². The van der Waals surface area contributed by atoms with Crippen molar-refractivity contribution in [3.05, 3.63) is 29.2 Å². The van der Waals surface area contributed by atoms with Crippen molar-refractivity contribution in [1.29, 1.82) is 0 Å². The third kappa shape index (κ3) is 2.22. The molecule has 0 aliphatic carbocycles. The minimum Gasteiger partial charge on any atom is -0.329 e. The van der Waals surface area contributed by atoms with Gasteiger partial charge in [-0.3, -0.25) is 4.68 Å². The lowest BCUT2D eigenvalue weighted by Crippen LogP contribution is -2.10. The summed E-state index contributed by atoms with van der Waals surface area (Å²) in [6.45, 7) is 1.09. The fourth-order valence-electron chi connectivity index (χ4n) is 1.37. The molecule has 1 aromatic carbocycles. The highest BCUT2D eigenvalue weighted by Crippen LogP contribution is 2.22. The van der Waals surface area contributed by atoms with Crippen molar-refractivity contribution in [1.82, 2.24) is 9.78 Å². The molecule has 0 fully saturated rings. The maximum absolute atomic E-state index is 13.1. The average Bonchev–Trinajstić information content (AvgIpc) is 2.51. The monoisotopic (exact) mass is 249 g/mol. The van der Waals surface area contributed by atoms with Gasteiger partial charge in [-0.25, -0.2) is 4.39 Å². The van der Waals surface area contributed by atoms with E-state index in [0.29, 0.717) is 13.1 Å². The van der Waals surface area contributed by atoms with Gasteiger partial charge in [-0.05, 0) is 12.1 Å². The zero-order valence-corrected chi connectivity index (χ0v) is 9.35. The highest BCUT2D eigenvalue weighted by molar-refractivity contribution is 6.31. The highest BCUT2D eigenvalue weighted by Gasteiger charge is 2.06. The molecule has 2 aromatic rings. The Kier molecular flexibility index (Phi) is 3.90. The molecule has 0 radical (unpaired) electrons. The number of hydrogen-bond acceptors (Lipinski definition) is 2. The molecule has 82 valence electrons. The molecule has 1 aromatic heterocycles. The Morgan fingerprint density at radius 3 is 2.87 bits per heavy atom. The van der Waals surface area contributed by atoms with Crippen LogP contribution in [0.2, 0.25) is 5.02 Å². The second-order valence-corrected chi connectivity index (χ2v) is 3.39. The normalized spacial score (nSPS) is 10.3. The summed E-state index contributed by atoms with van der Waals surface area (Å²) >= 11 is 5.67. The Bertz CT molecular complexity index is 470. The summed E-state index contributed by atoms with van der Waals surface area (Å²) in [4.78, 5) is 0. The Morgan fingerprint density at radius 2 is 2.20 bits per heavy atom. The van der Waals surface area contributed by atoms with Crippen LogP contribution in [0.5, 0.6) is 0 Å². The molecule has 2 rings (SSSR count). The molecule has 0 spiro atoms. The predicted molar refractivity (Wildman–Crippen MR) is 61.0 cm³/mol. The molecule has 0 amide bonds. The fourth-order valence-corrected chi connectivity index (χ4v) is 1.53. The molecule has 0 aliphatic heterocycles. The SMILES string of the molecule is Cl.NCCn1ncc2cc(F)c(Cl)cc21. The molecule has 0 aliphatic rings. The second kappa shape index (κ2) is 4.79. The molecule has 6 heteroatoms. The summed E-state index contributed by atoms with van der Waals surface area (Å²) < 4.78 is 14.8. The van der Waals surface area contributed by atoms with Crippen molar-refractivity contribution >= 4 is 34.9 Å². The van der Waals surface area contributed by atoms with E-state index in [-0.39, 0.29) is 17.4 Å². The zero-order chi connectivity index (χ0) is 10.1. The van der Waals surface area contributed by atoms with Gasteiger partial charge in [0.1, 0.15) is 5.82 Å². The topological polar surface area (TPSA) is 43.8 Å². The van der Waals surface area contributed by atoms with Crippen molar-refractivity contribution in [2.75, 3.05) is 6.54 Å². The molecule has 0 saturated heterocycles. The first-order valence-electron chi connectivity index (χ1n) is 4.23. The van der Waals surface area contributed by atoms with Crippen LogP contribution in [0.25, 0.3) is 10.9 Å². The van der Waals surface area contributed by atoms with Crippen molar-refractivity contribution in [3.8, 4) is 0 Å². The van der Waals surface area contributed by atoms with E-state index in [1.807, 2.05) is 0 Å². The number of benzene rings is 1. The fraction of sp³-hybridized carbons (Fsp3) is 0.222. The van der Waals surface area contributed by atoms with Gasteiger partial charge in [-0.1, -0.05) is 11.6 Å². The highest BCUT2D eigenvalue weighted by atomic mass is 35.5. The first-order valence-corrected chi connectivity index (χ1v) is 4.61. The Balaban J connectivity index is 0.00000112. The quantitative estimate of drug-likeness (QED) is 0.887. The first kappa shape index (κ1) is 12.2. The van der Waals surface area contributed by atoms with Crippen LogP contribution in [-0.2, 0) is 6.54 Å². The second-order valence-electron chi connectivity index (χ2n) is 2.98. The van der Waals surface area contributed by atoms with E-state index in [2.05, 4.69) is 5.10 Å². The maximum atomic E-state index is 13.1. The summed E-state index contributed by atoms with van der Waals surface area (Å²) in [5, 5.41) is 4.92. The van der Waals surface area contributed by atoms with Crippen LogP contribution >= 0.6 is 24.0 Å². The van der Waals surface area contributed by atoms with E-state index < -0.39 is 5.82 Å². The molecular formula is C9H10Cl2FN3. The summed E-state index contributed by atoms with van der Waals surface area (Å²) in [5.74, 6) is -0.425. The number of fused-ring (bicyclic) bond motifs is 1. The molecule has 3 nitrogen and oxygen atoms in total. The minimum absolute atomic E-state index is 0. The van der Waals surface area contributed by atoms with Crippen LogP contribution in [0.1, 0.15) is 0 Å². The van der Waals surface area contributed by atoms with Crippen LogP contribution in [0.4, 0.5) is 4.39 Å². The summed E-state index contributed by atoms with van der Waals surface area (Å²) in [6.07, 6.45) is 1.60. The van der Waals surface area contributed by atoms with Gasteiger partial charge in [0.25, 0.3) is 0 Å². The van der Waals surface area contributed by atoms with Crippen molar-refractivity contribution in [2.45, 2.75) is 6.54 Å². The van der Waals surface area contributed by atoms with Crippen LogP contribution < -0.4 is 5.73 Å². The van der Waals surface area contributed by atoms with Gasteiger partial charge in [0, 0.05) is 11.9 Å². The first-order chi connectivity index (χ1) is 6.72. The lowest BCUT2D eigenvalue weighted by atomic mass is 10.2. The molecule has 0 unspecified atom stereocenters. The Hall–Kier alpha value is -0.840. The van der Waals surface area contributed by atoms with Crippen LogP contribution in [-0.4, -0.2) is 16.3 Å². The van der Waals surface area contributed by atoms with E-state index >= 15 is 0 Å².